The lowest BCUT2D eigenvalue weighted by molar-refractivity contribution is -0.134. The summed E-state index contributed by atoms with van der Waals surface area (Å²) < 4.78 is 5.49. The van der Waals surface area contributed by atoms with Crippen LogP contribution in [0.5, 0.6) is 5.75 Å². The van der Waals surface area contributed by atoms with Crippen LogP contribution in [0.2, 0.25) is 0 Å². The minimum absolute atomic E-state index is 0.0844. The molecule has 114 valence electrons. The number of hydrogen-bond acceptors (Lipinski definition) is 4. The number of likely N-dealkylation sites (N-methyl/N-ethyl adjacent to an activating group) is 1. The van der Waals surface area contributed by atoms with Crippen molar-refractivity contribution in [2.45, 2.75) is 6.92 Å². The number of nitrogens with zero attached hydrogens (tertiary/aromatic N) is 2. The summed E-state index contributed by atoms with van der Waals surface area (Å²) in [7, 11) is 2.02. The maximum absolute atomic E-state index is 12.1. The highest BCUT2D eigenvalue weighted by molar-refractivity contribution is 5.91. The topological polar surface area (TPSA) is 70.1 Å². The molecule has 1 N–H and O–H groups in total. The van der Waals surface area contributed by atoms with E-state index in [2.05, 4.69) is 4.90 Å². The quantitative estimate of drug-likeness (QED) is 0.891. The van der Waals surface area contributed by atoms with E-state index in [0.29, 0.717) is 18.7 Å². The predicted octanol–water partition coefficient (Wildman–Crippen LogP) is 0.846. The molecule has 1 aliphatic rings. The summed E-state index contributed by atoms with van der Waals surface area (Å²) >= 11 is 0. The van der Waals surface area contributed by atoms with Crippen molar-refractivity contribution in [2.75, 3.05) is 39.8 Å². The number of carboxylic acids is 1. The number of ether oxygens (including phenoxy) is 1. The van der Waals surface area contributed by atoms with Crippen LogP contribution in [0.4, 0.5) is 0 Å². The Morgan fingerprint density at radius 3 is 2.52 bits per heavy atom. The van der Waals surface area contributed by atoms with Crippen molar-refractivity contribution < 1.29 is 19.4 Å². The van der Waals surface area contributed by atoms with E-state index in [9.17, 15) is 9.59 Å². The van der Waals surface area contributed by atoms with Gasteiger partial charge in [0.25, 0.3) is 5.91 Å². The highest BCUT2D eigenvalue weighted by Crippen LogP contribution is 2.23. The summed E-state index contributed by atoms with van der Waals surface area (Å²) in [5.41, 5.74) is 0.794. The maximum Gasteiger partial charge on any atom is 0.339 e. The number of amides is 1. The van der Waals surface area contributed by atoms with Crippen LogP contribution < -0.4 is 4.74 Å². The lowest BCUT2D eigenvalue weighted by Gasteiger charge is -2.32. The Balaban J connectivity index is 2.00. The van der Waals surface area contributed by atoms with Gasteiger partial charge in [-0.05, 0) is 25.6 Å². The van der Waals surface area contributed by atoms with Gasteiger partial charge in [-0.25, -0.2) is 4.79 Å². The fraction of sp³-hybridized carbons (Fsp3) is 0.467. The Morgan fingerprint density at radius 2 is 1.90 bits per heavy atom. The first kappa shape index (κ1) is 15.3. The van der Waals surface area contributed by atoms with Crippen molar-refractivity contribution in [1.29, 1.82) is 0 Å². The molecule has 0 spiro atoms. The van der Waals surface area contributed by atoms with Crippen molar-refractivity contribution in [3.8, 4) is 5.75 Å². The van der Waals surface area contributed by atoms with Gasteiger partial charge >= 0.3 is 5.97 Å². The molecule has 1 fully saturated rings. The first-order valence-electron chi connectivity index (χ1n) is 6.91. The first-order valence-corrected chi connectivity index (χ1v) is 6.91. The zero-order valence-corrected chi connectivity index (χ0v) is 12.3. The second kappa shape index (κ2) is 6.58. The Kier molecular flexibility index (Phi) is 4.80. The van der Waals surface area contributed by atoms with Crippen LogP contribution in [0, 0.1) is 6.92 Å². The summed E-state index contributed by atoms with van der Waals surface area (Å²) in [6, 6.07) is 4.90. The van der Waals surface area contributed by atoms with Gasteiger partial charge in [-0.2, -0.15) is 0 Å². The van der Waals surface area contributed by atoms with Crippen LogP contribution in [-0.2, 0) is 4.79 Å². The zero-order chi connectivity index (χ0) is 15.4. The smallest absolute Gasteiger partial charge is 0.339 e. The summed E-state index contributed by atoms with van der Waals surface area (Å²) in [4.78, 5) is 27.2. The fourth-order valence-corrected chi connectivity index (χ4v) is 2.29. The van der Waals surface area contributed by atoms with Crippen LogP contribution in [0.25, 0.3) is 0 Å². The second-order valence-electron chi connectivity index (χ2n) is 5.23. The number of carbonyl (C=O) groups is 2. The Bertz CT molecular complexity index is 536. The number of rotatable bonds is 4. The minimum Gasteiger partial charge on any atom is -0.483 e. The molecule has 0 atom stereocenters. The molecule has 21 heavy (non-hydrogen) atoms. The molecule has 6 nitrogen and oxygen atoms in total. The number of hydrogen-bond donors (Lipinski definition) is 1. The molecule has 1 aromatic carbocycles. The van der Waals surface area contributed by atoms with Crippen molar-refractivity contribution in [1.82, 2.24) is 9.80 Å². The summed E-state index contributed by atoms with van der Waals surface area (Å²) in [6.45, 7) is 4.68. The van der Waals surface area contributed by atoms with Gasteiger partial charge in [-0.15, -0.1) is 0 Å². The van der Waals surface area contributed by atoms with E-state index < -0.39 is 5.97 Å². The number of carbonyl (C=O) groups excluding carboxylic acids is 1. The monoisotopic (exact) mass is 292 g/mol. The van der Waals surface area contributed by atoms with Gasteiger partial charge in [0, 0.05) is 26.2 Å². The van der Waals surface area contributed by atoms with Gasteiger partial charge in [0.2, 0.25) is 0 Å². The number of benzene rings is 1. The maximum atomic E-state index is 12.1. The number of piperazine rings is 1. The highest BCUT2D eigenvalue weighted by Gasteiger charge is 2.21. The van der Waals surface area contributed by atoms with Gasteiger partial charge in [0.1, 0.15) is 11.3 Å². The molecule has 1 aliphatic heterocycles. The second-order valence-corrected chi connectivity index (χ2v) is 5.23. The Labute approximate surface area is 123 Å². The van der Waals surface area contributed by atoms with E-state index in [0.717, 1.165) is 13.1 Å². The normalized spacial score (nSPS) is 15.8. The van der Waals surface area contributed by atoms with Gasteiger partial charge < -0.3 is 19.6 Å². The molecule has 1 saturated heterocycles. The van der Waals surface area contributed by atoms with E-state index in [1.807, 2.05) is 7.05 Å². The molecular weight excluding hydrogens is 272 g/mol. The Morgan fingerprint density at radius 1 is 1.24 bits per heavy atom. The molecule has 0 aromatic heterocycles. The van der Waals surface area contributed by atoms with Gasteiger partial charge in [0.15, 0.2) is 6.61 Å². The van der Waals surface area contributed by atoms with Crippen LogP contribution in [-0.4, -0.2) is 66.6 Å². The predicted molar refractivity (Wildman–Crippen MR) is 77.7 cm³/mol. The SMILES string of the molecule is Cc1cccc(C(=O)O)c1OCC(=O)N1CCN(C)CC1. The molecule has 0 bridgehead atoms. The number of aromatic carboxylic acids is 1. The van der Waals surface area contributed by atoms with Crippen LogP contribution in [0.1, 0.15) is 15.9 Å². The summed E-state index contributed by atoms with van der Waals surface area (Å²) in [5.74, 6) is -0.893. The van der Waals surface area contributed by atoms with Gasteiger partial charge in [-0.3, -0.25) is 4.79 Å². The third-order valence-electron chi connectivity index (χ3n) is 3.64. The molecule has 1 amide bonds. The molecule has 1 heterocycles. The van der Waals surface area contributed by atoms with Crippen LogP contribution in [0.15, 0.2) is 18.2 Å². The van der Waals surface area contributed by atoms with E-state index in [1.54, 1.807) is 24.0 Å². The molecule has 0 unspecified atom stereocenters. The van der Waals surface area contributed by atoms with Crippen molar-refractivity contribution in [3.63, 3.8) is 0 Å². The lowest BCUT2D eigenvalue weighted by atomic mass is 10.1. The first-order chi connectivity index (χ1) is 9.99. The molecular formula is C15H20N2O4. The molecule has 2 rings (SSSR count). The minimum atomic E-state index is -1.05. The van der Waals surface area contributed by atoms with Crippen LogP contribution in [0.3, 0.4) is 0 Å². The molecule has 6 heteroatoms. The number of carboxylic acid groups (broad SMARTS) is 1. The molecule has 0 saturated carbocycles. The summed E-state index contributed by atoms with van der Waals surface area (Å²) in [5, 5.41) is 9.15. The van der Waals surface area contributed by atoms with Gasteiger partial charge in [0.05, 0.1) is 0 Å². The number of para-hydroxylation sites is 1. The number of aryl methyl sites for hydroxylation is 1. The van der Waals surface area contributed by atoms with E-state index in [-0.39, 0.29) is 23.8 Å². The van der Waals surface area contributed by atoms with E-state index in [4.69, 9.17) is 9.84 Å². The van der Waals surface area contributed by atoms with Gasteiger partial charge in [-0.1, -0.05) is 12.1 Å². The third-order valence-corrected chi connectivity index (χ3v) is 3.64. The molecule has 0 radical (unpaired) electrons. The van der Waals surface area contributed by atoms with E-state index >= 15 is 0 Å². The lowest BCUT2D eigenvalue weighted by Crippen LogP contribution is -2.48. The average Bonchev–Trinajstić information content (AvgIpc) is 2.46. The summed E-state index contributed by atoms with van der Waals surface area (Å²) in [6.07, 6.45) is 0. The Hall–Kier alpha value is -2.08. The average molecular weight is 292 g/mol. The van der Waals surface area contributed by atoms with E-state index in [1.165, 1.54) is 6.07 Å². The fourth-order valence-electron chi connectivity index (χ4n) is 2.29. The molecule has 0 aliphatic carbocycles. The highest BCUT2D eigenvalue weighted by atomic mass is 16.5. The zero-order valence-electron chi connectivity index (χ0n) is 12.3. The van der Waals surface area contributed by atoms with Crippen molar-refractivity contribution in [3.05, 3.63) is 29.3 Å². The van der Waals surface area contributed by atoms with Crippen LogP contribution >= 0.6 is 0 Å². The largest absolute Gasteiger partial charge is 0.483 e. The third kappa shape index (κ3) is 3.72. The standard InChI is InChI=1S/C15H20N2O4/c1-11-4-3-5-12(15(19)20)14(11)21-10-13(18)17-8-6-16(2)7-9-17/h3-5H,6-10H2,1-2H3,(H,19,20). The molecule has 1 aromatic rings. The van der Waals surface area contributed by atoms with Crippen molar-refractivity contribution >= 4 is 11.9 Å². The van der Waals surface area contributed by atoms with Crippen molar-refractivity contribution in [2.24, 2.45) is 0 Å².